The Hall–Kier alpha value is -1.61. The molecule has 1 atom stereocenters. The van der Waals surface area contributed by atoms with Gasteiger partial charge < -0.3 is 5.11 Å². The Balaban J connectivity index is 2.27. The van der Waals surface area contributed by atoms with E-state index in [1.54, 1.807) is 10.9 Å². The molecule has 1 aromatic carbocycles. The van der Waals surface area contributed by atoms with Crippen molar-refractivity contribution in [1.82, 2.24) is 9.78 Å². The first-order valence-electron chi connectivity index (χ1n) is 5.46. The minimum absolute atomic E-state index is 0.202. The molecule has 0 saturated heterocycles. The van der Waals surface area contributed by atoms with Crippen LogP contribution >= 0.6 is 0 Å². The third-order valence-electron chi connectivity index (χ3n) is 2.60. The lowest BCUT2D eigenvalue weighted by atomic mass is 10.0. The van der Waals surface area contributed by atoms with Crippen molar-refractivity contribution >= 4 is 0 Å². The third kappa shape index (κ3) is 2.14. The molecular weight excluding hydrogens is 200 g/mol. The van der Waals surface area contributed by atoms with E-state index in [4.69, 9.17) is 0 Å². The van der Waals surface area contributed by atoms with Crippen LogP contribution in [0, 0.1) is 5.92 Å². The Kier molecular flexibility index (Phi) is 3.06. The summed E-state index contributed by atoms with van der Waals surface area (Å²) in [6, 6.07) is 9.87. The minimum atomic E-state index is -0.447. The monoisotopic (exact) mass is 216 g/mol. The molecule has 16 heavy (non-hydrogen) atoms. The molecule has 3 nitrogen and oxygen atoms in total. The van der Waals surface area contributed by atoms with Crippen molar-refractivity contribution < 1.29 is 5.11 Å². The summed E-state index contributed by atoms with van der Waals surface area (Å²) in [7, 11) is 0. The van der Waals surface area contributed by atoms with Crippen LogP contribution in [0.4, 0.5) is 0 Å². The highest BCUT2D eigenvalue weighted by atomic mass is 16.3. The molecule has 0 unspecified atom stereocenters. The number of hydrogen-bond acceptors (Lipinski definition) is 2. The first-order chi connectivity index (χ1) is 7.68. The molecule has 2 aromatic rings. The van der Waals surface area contributed by atoms with E-state index in [0.717, 1.165) is 11.3 Å². The fourth-order valence-electron chi connectivity index (χ4n) is 1.60. The predicted octanol–water partition coefficient (Wildman–Crippen LogP) is 2.56. The van der Waals surface area contributed by atoms with Crippen molar-refractivity contribution in [2.75, 3.05) is 0 Å². The summed E-state index contributed by atoms with van der Waals surface area (Å²) in [6.45, 7) is 3.98. The number of nitrogens with zero attached hydrogens (tertiary/aromatic N) is 2. The van der Waals surface area contributed by atoms with Crippen molar-refractivity contribution in [3.8, 4) is 5.69 Å². The molecule has 1 N–H and O–H groups in total. The number of rotatable bonds is 3. The van der Waals surface area contributed by atoms with Gasteiger partial charge in [-0.1, -0.05) is 32.0 Å². The average molecular weight is 216 g/mol. The molecule has 0 saturated carbocycles. The maximum absolute atomic E-state index is 9.90. The zero-order valence-corrected chi connectivity index (χ0v) is 9.54. The normalized spacial score (nSPS) is 13.0. The molecule has 0 aliphatic rings. The molecule has 2 rings (SSSR count). The van der Waals surface area contributed by atoms with Gasteiger partial charge in [-0.2, -0.15) is 5.10 Å². The molecule has 0 spiro atoms. The highest BCUT2D eigenvalue weighted by Crippen LogP contribution is 2.21. The van der Waals surface area contributed by atoms with Crippen LogP contribution in [0.15, 0.2) is 42.7 Å². The Morgan fingerprint density at radius 3 is 2.50 bits per heavy atom. The molecular formula is C13H16N2O. The molecule has 1 heterocycles. The van der Waals surface area contributed by atoms with E-state index < -0.39 is 6.10 Å². The van der Waals surface area contributed by atoms with Crippen LogP contribution in [-0.2, 0) is 0 Å². The smallest absolute Gasteiger partial charge is 0.0843 e. The summed E-state index contributed by atoms with van der Waals surface area (Å²) < 4.78 is 1.78. The first kappa shape index (κ1) is 10.9. The number of hydrogen-bond donors (Lipinski definition) is 1. The van der Waals surface area contributed by atoms with Gasteiger partial charge in [0.05, 0.1) is 18.0 Å². The second-order valence-corrected chi connectivity index (χ2v) is 4.24. The third-order valence-corrected chi connectivity index (χ3v) is 2.60. The van der Waals surface area contributed by atoms with E-state index in [-0.39, 0.29) is 5.92 Å². The maximum atomic E-state index is 9.90. The van der Waals surface area contributed by atoms with Crippen LogP contribution in [0.5, 0.6) is 0 Å². The van der Waals surface area contributed by atoms with E-state index in [9.17, 15) is 5.11 Å². The van der Waals surface area contributed by atoms with Crippen LogP contribution in [0.1, 0.15) is 25.5 Å². The van der Waals surface area contributed by atoms with Crippen LogP contribution < -0.4 is 0 Å². The zero-order valence-electron chi connectivity index (χ0n) is 9.54. The Labute approximate surface area is 95.3 Å². The Morgan fingerprint density at radius 2 is 1.88 bits per heavy atom. The SMILES string of the molecule is CC(C)[C@H](O)c1cnn(-c2ccccc2)c1. The fraction of sp³-hybridized carbons (Fsp3) is 0.308. The van der Waals surface area contributed by atoms with Gasteiger partial charge in [0.1, 0.15) is 0 Å². The minimum Gasteiger partial charge on any atom is -0.388 e. The van der Waals surface area contributed by atoms with Crippen LogP contribution in [-0.4, -0.2) is 14.9 Å². The number of benzene rings is 1. The molecule has 0 bridgehead atoms. The van der Waals surface area contributed by atoms with Crippen LogP contribution in [0.2, 0.25) is 0 Å². The Bertz CT molecular complexity index is 448. The summed E-state index contributed by atoms with van der Waals surface area (Å²) in [6.07, 6.45) is 3.15. The zero-order chi connectivity index (χ0) is 11.5. The summed E-state index contributed by atoms with van der Waals surface area (Å²) in [5.74, 6) is 0.202. The van der Waals surface area contributed by atoms with Crippen molar-refractivity contribution in [2.45, 2.75) is 20.0 Å². The molecule has 0 amide bonds. The standard InChI is InChI=1S/C13H16N2O/c1-10(2)13(16)11-8-14-15(9-11)12-6-4-3-5-7-12/h3-10,13,16H,1-2H3/t13-/m0/s1. The highest BCUT2D eigenvalue weighted by molar-refractivity contribution is 5.31. The van der Waals surface area contributed by atoms with Crippen molar-refractivity contribution in [1.29, 1.82) is 0 Å². The molecule has 1 aromatic heterocycles. The molecule has 84 valence electrons. The summed E-state index contributed by atoms with van der Waals surface area (Å²) in [4.78, 5) is 0. The van der Waals surface area contributed by atoms with Gasteiger partial charge in [0.25, 0.3) is 0 Å². The highest BCUT2D eigenvalue weighted by Gasteiger charge is 2.14. The Morgan fingerprint density at radius 1 is 1.19 bits per heavy atom. The molecule has 0 aliphatic carbocycles. The summed E-state index contributed by atoms with van der Waals surface area (Å²) in [5.41, 5.74) is 1.86. The summed E-state index contributed by atoms with van der Waals surface area (Å²) in [5, 5.41) is 14.2. The lowest BCUT2D eigenvalue weighted by Crippen LogP contribution is -2.04. The lowest BCUT2D eigenvalue weighted by molar-refractivity contribution is 0.127. The predicted molar refractivity (Wildman–Crippen MR) is 63.4 cm³/mol. The number of aliphatic hydroxyl groups is 1. The van der Waals surface area contributed by atoms with E-state index in [2.05, 4.69) is 5.10 Å². The van der Waals surface area contributed by atoms with Crippen molar-refractivity contribution in [3.05, 3.63) is 48.3 Å². The van der Waals surface area contributed by atoms with E-state index in [1.807, 2.05) is 50.4 Å². The van der Waals surface area contributed by atoms with Gasteiger partial charge in [-0.3, -0.25) is 0 Å². The average Bonchev–Trinajstić information content (AvgIpc) is 2.78. The fourth-order valence-corrected chi connectivity index (χ4v) is 1.60. The molecule has 0 aliphatic heterocycles. The lowest BCUT2D eigenvalue weighted by Gasteiger charge is -2.11. The largest absolute Gasteiger partial charge is 0.388 e. The molecule has 0 radical (unpaired) electrons. The van der Waals surface area contributed by atoms with Crippen molar-refractivity contribution in [3.63, 3.8) is 0 Å². The number of para-hydroxylation sites is 1. The van der Waals surface area contributed by atoms with E-state index in [1.165, 1.54) is 0 Å². The number of aromatic nitrogens is 2. The van der Waals surface area contributed by atoms with Gasteiger partial charge >= 0.3 is 0 Å². The van der Waals surface area contributed by atoms with Gasteiger partial charge in [-0.15, -0.1) is 0 Å². The van der Waals surface area contributed by atoms with Gasteiger partial charge in [-0.05, 0) is 18.1 Å². The van der Waals surface area contributed by atoms with Gasteiger partial charge in [0.15, 0.2) is 0 Å². The number of aliphatic hydroxyl groups excluding tert-OH is 1. The first-order valence-corrected chi connectivity index (χ1v) is 5.46. The summed E-state index contributed by atoms with van der Waals surface area (Å²) >= 11 is 0. The van der Waals surface area contributed by atoms with Crippen molar-refractivity contribution in [2.24, 2.45) is 5.92 Å². The van der Waals surface area contributed by atoms with E-state index in [0.29, 0.717) is 0 Å². The topological polar surface area (TPSA) is 38.1 Å². The van der Waals surface area contributed by atoms with E-state index >= 15 is 0 Å². The van der Waals surface area contributed by atoms with Gasteiger partial charge in [0, 0.05) is 11.8 Å². The molecule has 3 heteroatoms. The second-order valence-electron chi connectivity index (χ2n) is 4.24. The van der Waals surface area contributed by atoms with Gasteiger partial charge in [0.2, 0.25) is 0 Å². The van der Waals surface area contributed by atoms with Crippen LogP contribution in [0.3, 0.4) is 0 Å². The van der Waals surface area contributed by atoms with Crippen LogP contribution in [0.25, 0.3) is 5.69 Å². The quantitative estimate of drug-likeness (QED) is 0.856. The molecule has 0 fully saturated rings. The van der Waals surface area contributed by atoms with Gasteiger partial charge in [-0.25, -0.2) is 4.68 Å². The maximum Gasteiger partial charge on any atom is 0.0843 e. The second kappa shape index (κ2) is 4.49.